The molecule has 7 nitrogen and oxygen atoms in total. The number of pyridine rings is 1. The second kappa shape index (κ2) is 8.08. The van der Waals surface area contributed by atoms with Crippen molar-refractivity contribution in [3.05, 3.63) is 94.0 Å². The second-order valence-corrected chi connectivity index (χ2v) is 7.02. The quantitative estimate of drug-likeness (QED) is 0.253. The normalized spacial score (nSPS) is 10.8. The molecule has 2 aromatic carbocycles. The van der Waals surface area contributed by atoms with Gasteiger partial charge in [-0.3, -0.25) is 15.0 Å². The number of aromatic nitrogens is 2. The molecule has 0 atom stereocenters. The molecular weight excluding hydrogens is 378 g/mol. The van der Waals surface area contributed by atoms with E-state index in [1.165, 1.54) is 6.07 Å². The molecule has 0 saturated carbocycles. The highest BCUT2D eigenvalue weighted by Gasteiger charge is 2.09. The molecule has 0 unspecified atom stereocenters. The highest BCUT2D eigenvalue weighted by Crippen LogP contribution is 2.20. The third-order valence-corrected chi connectivity index (χ3v) is 5.00. The topological polar surface area (TPSA) is 128 Å². The number of hydrogen-bond acceptors (Lipinski definition) is 3. The van der Waals surface area contributed by atoms with E-state index in [1.807, 2.05) is 30.3 Å². The number of H-pyrrole nitrogens is 2. The van der Waals surface area contributed by atoms with E-state index in [4.69, 9.17) is 11.1 Å². The summed E-state index contributed by atoms with van der Waals surface area (Å²) < 4.78 is 0. The van der Waals surface area contributed by atoms with Crippen LogP contribution < -0.4 is 16.6 Å². The summed E-state index contributed by atoms with van der Waals surface area (Å²) in [6.07, 6.45) is 4.05. The monoisotopic (exact) mass is 399 g/mol. The van der Waals surface area contributed by atoms with Crippen LogP contribution in [0, 0.1) is 5.41 Å². The van der Waals surface area contributed by atoms with Gasteiger partial charge in [-0.2, -0.15) is 0 Å². The number of amides is 1. The molecule has 0 aliphatic rings. The zero-order chi connectivity index (χ0) is 21.1. The number of nitrogen functional groups attached to an aromatic ring is 1. The van der Waals surface area contributed by atoms with Gasteiger partial charge in [0.25, 0.3) is 5.91 Å². The maximum Gasteiger partial charge on any atom is 0.251 e. The highest BCUT2D eigenvalue weighted by atomic mass is 16.1. The largest absolute Gasteiger partial charge is 0.384 e. The summed E-state index contributed by atoms with van der Waals surface area (Å²) in [7, 11) is 0. The van der Waals surface area contributed by atoms with Crippen LogP contribution in [0.3, 0.4) is 0 Å². The Labute approximate surface area is 172 Å². The van der Waals surface area contributed by atoms with Gasteiger partial charge in [0, 0.05) is 47.0 Å². The molecule has 2 heterocycles. The maximum absolute atomic E-state index is 12.4. The molecule has 1 amide bonds. The van der Waals surface area contributed by atoms with Crippen molar-refractivity contribution in [3.63, 3.8) is 0 Å². The smallest absolute Gasteiger partial charge is 0.251 e. The van der Waals surface area contributed by atoms with Crippen LogP contribution in [-0.4, -0.2) is 28.3 Å². The van der Waals surface area contributed by atoms with E-state index in [9.17, 15) is 9.59 Å². The Balaban J connectivity index is 1.38. The van der Waals surface area contributed by atoms with Gasteiger partial charge >= 0.3 is 0 Å². The van der Waals surface area contributed by atoms with E-state index in [1.54, 1.807) is 30.6 Å². The fraction of sp³-hybridized carbons (Fsp3) is 0.0870. The van der Waals surface area contributed by atoms with Gasteiger partial charge in [-0.25, -0.2) is 0 Å². The van der Waals surface area contributed by atoms with Crippen LogP contribution in [0.2, 0.25) is 0 Å². The standard InChI is InChI=1S/C23H21N5O2/c24-22(25)19-13-27-20-7-1-14(11-18(19)20)9-10-26-23(30)16-4-2-15(3-5-16)17-6-8-21(29)28-12-17/h1-8,11-13,27H,9-10H2,(H3,24,25)(H,26,30)(H,28,29). The number of nitrogens with one attached hydrogen (secondary N) is 4. The summed E-state index contributed by atoms with van der Waals surface area (Å²) in [5, 5.41) is 11.5. The van der Waals surface area contributed by atoms with Crippen LogP contribution in [0.4, 0.5) is 0 Å². The lowest BCUT2D eigenvalue weighted by Gasteiger charge is -2.07. The maximum atomic E-state index is 12.4. The van der Waals surface area contributed by atoms with Gasteiger partial charge in [0.1, 0.15) is 5.84 Å². The Kier molecular flexibility index (Phi) is 5.17. The fourth-order valence-electron chi connectivity index (χ4n) is 3.37. The predicted molar refractivity (Wildman–Crippen MR) is 118 cm³/mol. The Hall–Kier alpha value is -4.13. The molecule has 6 N–H and O–H groups in total. The first-order valence-corrected chi connectivity index (χ1v) is 9.53. The zero-order valence-corrected chi connectivity index (χ0v) is 16.2. The highest BCUT2D eigenvalue weighted by molar-refractivity contribution is 6.07. The van der Waals surface area contributed by atoms with E-state index in [0.29, 0.717) is 24.1 Å². The Bertz CT molecular complexity index is 1260. The minimum Gasteiger partial charge on any atom is -0.384 e. The number of fused-ring (bicyclic) bond motifs is 1. The van der Waals surface area contributed by atoms with Crippen molar-refractivity contribution >= 4 is 22.6 Å². The zero-order valence-electron chi connectivity index (χ0n) is 16.2. The molecule has 7 heteroatoms. The molecule has 0 fully saturated rings. The Morgan fingerprint density at radius 2 is 1.73 bits per heavy atom. The summed E-state index contributed by atoms with van der Waals surface area (Å²) in [5.41, 5.74) is 10.5. The van der Waals surface area contributed by atoms with Crippen molar-refractivity contribution in [2.45, 2.75) is 6.42 Å². The molecule has 30 heavy (non-hydrogen) atoms. The fourth-order valence-corrected chi connectivity index (χ4v) is 3.37. The minimum atomic E-state index is -0.150. The van der Waals surface area contributed by atoms with Crippen molar-refractivity contribution in [2.24, 2.45) is 5.73 Å². The second-order valence-electron chi connectivity index (χ2n) is 7.02. The lowest BCUT2D eigenvalue weighted by molar-refractivity contribution is 0.0954. The number of benzene rings is 2. The van der Waals surface area contributed by atoms with Crippen LogP contribution in [0.15, 0.2) is 71.8 Å². The summed E-state index contributed by atoms with van der Waals surface area (Å²) in [4.78, 5) is 29.4. The molecule has 2 aromatic heterocycles. The van der Waals surface area contributed by atoms with Gasteiger partial charge < -0.3 is 21.0 Å². The molecular formula is C23H21N5O2. The predicted octanol–water partition coefficient (Wildman–Crippen LogP) is 2.78. The molecule has 0 aliphatic carbocycles. The number of rotatable bonds is 6. The SMILES string of the molecule is N=C(N)c1c[nH]c2ccc(CCNC(=O)c3ccc(-c4ccc(=O)[nH]c4)cc3)cc12. The lowest BCUT2D eigenvalue weighted by atomic mass is 10.0. The first-order chi connectivity index (χ1) is 14.5. The Morgan fingerprint density at radius 3 is 2.43 bits per heavy atom. The van der Waals surface area contributed by atoms with Gasteiger partial charge in [-0.15, -0.1) is 0 Å². The number of carbonyl (C=O) groups is 1. The van der Waals surface area contributed by atoms with Crippen molar-refractivity contribution in [3.8, 4) is 11.1 Å². The molecule has 0 radical (unpaired) electrons. The molecule has 0 spiro atoms. The van der Waals surface area contributed by atoms with E-state index in [-0.39, 0.29) is 17.3 Å². The molecule has 0 bridgehead atoms. The van der Waals surface area contributed by atoms with Crippen molar-refractivity contribution in [1.29, 1.82) is 5.41 Å². The third-order valence-electron chi connectivity index (χ3n) is 5.00. The molecule has 150 valence electrons. The van der Waals surface area contributed by atoms with Crippen LogP contribution >= 0.6 is 0 Å². The molecule has 4 rings (SSSR count). The summed E-state index contributed by atoms with van der Waals surface area (Å²) in [5.74, 6) is -0.118. The van der Waals surface area contributed by atoms with Crippen molar-refractivity contribution in [2.75, 3.05) is 6.54 Å². The minimum absolute atomic E-state index is 0.0250. The van der Waals surface area contributed by atoms with Gasteiger partial charge in [-0.05, 0) is 53.4 Å². The molecule has 0 saturated heterocycles. The van der Waals surface area contributed by atoms with Crippen LogP contribution in [-0.2, 0) is 6.42 Å². The van der Waals surface area contributed by atoms with Crippen molar-refractivity contribution < 1.29 is 4.79 Å². The first-order valence-electron chi connectivity index (χ1n) is 9.53. The van der Waals surface area contributed by atoms with Crippen LogP contribution in [0.25, 0.3) is 22.0 Å². The van der Waals surface area contributed by atoms with Crippen molar-refractivity contribution in [1.82, 2.24) is 15.3 Å². The lowest BCUT2D eigenvalue weighted by Crippen LogP contribution is -2.25. The number of aromatic amines is 2. The van der Waals surface area contributed by atoms with Gasteiger partial charge in [0.05, 0.1) is 0 Å². The number of amidine groups is 1. The third kappa shape index (κ3) is 4.00. The van der Waals surface area contributed by atoms with Crippen LogP contribution in [0.1, 0.15) is 21.5 Å². The molecule has 0 aliphatic heterocycles. The van der Waals surface area contributed by atoms with Gasteiger partial charge in [-0.1, -0.05) is 18.2 Å². The van der Waals surface area contributed by atoms with Gasteiger partial charge in [0.15, 0.2) is 0 Å². The number of hydrogen-bond donors (Lipinski definition) is 5. The van der Waals surface area contributed by atoms with Crippen LogP contribution in [0.5, 0.6) is 0 Å². The number of nitrogens with two attached hydrogens (primary N) is 1. The van der Waals surface area contributed by atoms with Gasteiger partial charge in [0.2, 0.25) is 5.56 Å². The average Bonchev–Trinajstić information content (AvgIpc) is 3.18. The van der Waals surface area contributed by atoms with E-state index in [2.05, 4.69) is 15.3 Å². The average molecular weight is 399 g/mol. The first kappa shape index (κ1) is 19.2. The molecule has 4 aromatic rings. The number of carbonyl (C=O) groups excluding carboxylic acids is 1. The summed E-state index contributed by atoms with van der Waals surface area (Å²) in [6, 6.07) is 16.4. The summed E-state index contributed by atoms with van der Waals surface area (Å²) >= 11 is 0. The van der Waals surface area contributed by atoms with E-state index in [0.717, 1.165) is 27.6 Å². The van der Waals surface area contributed by atoms with E-state index < -0.39 is 0 Å². The Morgan fingerprint density at radius 1 is 0.967 bits per heavy atom. The summed E-state index contributed by atoms with van der Waals surface area (Å²) in [6.45, 7) is 0.492. The van der Waals surface area contributed by atoms with E-state index >= 15 is 0 Å².